The third-order valence-corrected chi connectivity index (χ3v) is 5.90. The predicted octanol–water partition coefficient (Wildman–Crippen LogP) is 7.06. The van der Waals surface area contributed by atoms with Gasteiger partial charge in [0.05, 0.1) is 0 Å². The minimum absolute atomic E-state index is 0.0567. The van der Waals surface area contributed by atoms with Gasteiger partial charge in [-0.15, -0.1) is 11.3 Å². The van der Waals surface area contributed by atoms with E-state index in [9.17, 15) is 4.79 Å². The number of carbonyl (C=O) groups excluding carboxylic acids is 1. The van der Waals surface area contributed by atoms with Gasteiger partial charge < -0.3 is 16.0 Å². The van der Waals surface area contributed by atoms with Crippen molar-refractivity contribution in [2.45, 2.75) is 0 Å². The Balaban J connectivity index is 1.35. The lowest BCUT2D eigenvalue weighted by molar-refractivity contribution is 0.104. The van der Waals surface area contributed by atoms with Crippen molar-refractivity contribution in [3.05, 3.63) is 119 Å². The summed E-state index contributed by atoms with van der Waals surface area (Å²) in [6.45, 7) is 0. The van der Waals surface area contributed by atoms with Crippen LogP contribution in [0.15, 0.2) is 109 Å². The predicted molar refractivity (Wildman–Crippen MR) is 147 cm³/mol. The van der Waals surface area contributed by atoms with Crippen LogP contribution in [-0.2, 0) is 0 Å². The standard InChI is InChI=1S/C28H22N6OS/c35-25(18-17-24-12-7-19-36-24)20-13-15-23(16-14-20)31-28-33-26(29-21-8-3-1-4-9-21)32-27(34-28)30-22-10-5-2-6-11-22/h1-19H,(H3,29,30,31,32,33,34)/b18-17+. The van der Waals surface area contributed by atoms with Crippen LogP contribution in [0.1, 0.15) is 15.2 Å². The average molecular weight is 491 g/mol. The fourth-order valence-electron chi connectivity index (χ4n) is 3.33. The quantitative estimate of drug-likeness (QED) is 0.150. The van der Waals surface area contributed by atoms with Gasteiger partial charge in [0.15, 0.2) is 5.78 Å². The summed E-state index contributed by atoms with van der Waals surface area (Å²) in [4.78, 5) is 27.1. The van der Waals surface area contributed by atoms with Gasteiger partial charge in [0, 0.05) is 27.5 Å². The lowest BCUT2D eigenvalue weighted by atomic mass is 10.1. The van der Waals surface area contributed by atoms with Crippen LogP contribution >= 0.6 is 11.3 Å². The van der Waals surface area contributed by atoms with Crippen molar-refractivity contribution in [3.8, 4) is 0 Å². The first-order valence-corrected chi connectivity index (χ1v) is 12.1. The summed E-state index contributed by atoms with van der Waals surface area (Å²) in [6.07, 6.45) is 3.41. The molecule has 0 bridgehead atoms. The highest BCUT2D eigenvalue weighted by molar-refractivity contribution is 7.10. The molecule has 0 aliphatic heterocycles. The SMILES string of the molecule is O=C(/C=C/c1cccs1)c1ccc(Nc2nc(Nc3ccccc3)nc(Nc3ccccc3)n2)cc1. The normalized spacial score (nSPS) is 10.8. The minimum Gasteiger partial charge on any atom is -0.324 e. The van der Waals surface area contributed by atoms with Crippen LogP contribution in [0.4, 0.5) is 34.9 Å². The molecule has 3 N–H and O–H groups in total. The molecule has 5 aromatic rings. The highest BCUT2D eigenvalue weighted by atomic mass is 32.1. The monoisotopic (exact) mass is 490 g/mol. The molecule has 3 aromatic carbocycles. The molecule has 2 heterocycles. The van der Waals surface area contributed by atoms with E-state index in [0.717, 1.165) is 21.9 Å². The number of aromatic nitrogens is 3. The number of thiophene rings is 1. The second-order valence-electron chi connectivity index (χ2n) is 7.70. The molecule has 0 unspecified atom stereocenters. The highest BCUT2D eigenvalue weighted by Crippen LogP contribution is 2.21. The average Bonchev–Trinajstić information content (AvgIpc) is 3.43. The fourth-order valence-corrected chi connectivity index (χ4v) is 3.95. The largest absolute Gasteiger partial charge is 0.324 e. The molecule has 176 valence electrons. The maximum atomic E-state index is 12.5. The molecule has 0 saturated heterocycles. The number of carbonyl (C=O) groups is 1. The number of benzene rings is 3. The van der Waals surface area contributed by atoms with Gasteiger partial charge in [-0.3, -0.25) is 4.79 Å². The molecule has 0 radical (unpaired) electrons. The fraction of sp³-hybridized carbons (Fsp3) is 0. The first-order valence-electron chi connectivity index (χ1n) is 11.2. The van der Waals surface area contributed by atoms with Crippen molar-refractivity contribution in [1.82, 2.24) is 15.0 Å². The number of anilines is 6. The second kappa shape index (κ2) is 11.1. The van der Waals surface area contributed by atoms with Crippen LogP contribution in [0.3, 0.4) is 0 Å². The van der Waals surface area contributed by atoms with E-state index < -0.39 is 0 Å². The molecule has 0 aliphatic carbocycles. The maximum absolute atomic E-state index is 12.5. The Morgan fingerprint density at radius 3 is 1.58 bits per heavy atom. The summed E-state index contributed by atoms with van der Waals surface area (Å²) in [7, 11) is 0. The molecule has 0 atom stereocenters. The molecule has 0 saturated carbocycles. The van der Waals surface area contributed by atoms with E-state index in [1.807, 2.05) is 96.4 Å². The Hall–Kier alpha value is -4.82. The third kappa shape index (κ3) is 6.19. The van der Waals surface area contributed by atoms with Gasteiger partial charge in [0.25, 0.3) is 0 Å². The van der Waals surface area contributed by atoms with E-state index in [-0.39, 0.29) is 5.78 Å². The molecule has 0 amide bonds. The molecule has 5 rings (SSSR count). The van der Waals surface area contributed by atoms with E-state index in [2.05, 4.69) is 30.9 Å². The summed E-state index contributed by atoms with van der Waals surface area (Å²) in [5.41, 5.74) is 3.07. The van der Waals surface area contributed by atoms with E-state index in [1.54, 1.807) is 29.5 Å². The summed E-state index contributed by atoms with van der Waals surface area (Å²) in [6, 6.07) is 30.5. The van der Waals surface area contributed by atoms with E-state index >= 15 is 0 Å². The molecule has 2 aromatic heterocycles. The van der Waals surface area contributed by atoms with Crippen LogP contribution < -0.4 is 16.0 Å². The van der Waals surface area contributed by atoms with Crippen molar-refractivity contribution in [2.24, 2.45) is 0 Å². The van der Waals surface area contributed by atoms with Crippen molar-refractivity contribution in [1.29, 1.82) is 0 Å². The van der Waals surface area contributed by atoms with Crippen molar-refractivity contribution in [2.75, 3.05) is 16.0 Å². The van der Waals surface area contributed by atoms with Gasteiger partial charge in [0.2, 0.25) is 17.8 Å². The molecule has 7 nitrogen and oxygen atoms in total. The summed E-state index contributed by atoms with van der Waals surface area (Å²) >= 11 is 1.59. The van der Waals surface area contributed by atoms with Crippen LogP contribution in [0.2, 0.25) is 0 Å². The topological polar surface area (TPSA) is 91.8 Å². The van der Waals surface area contributed by atoms with Crippen LogP contribution in [-0.4, -0.2) is 20.7 Å². The zero-order valence-electron chi connectivity index (χ0n) is 19.1. The zero-order chi connectivity index (χ0) is 24.6. The van der Waals surface area contributed by atoms with Crippen LogP contribution in [0, 0.1) is 0 Å². The molecule has 36 heavy (non-hydrogen) atoms. The van der Waals surface area contributed by atoms with Crippen molar-refractivity contribution >= 4 is 58.1 Å². The second-order valence-corrected chi connectivity index (χ2v) is 8.68. The number of hydrogen-bond acceptors (Lipinski definition) is 8. The zero-order valence-corrected chi connectivity index (χ0v) is 19.9. The first-order chi connectivity index (χ1) is 17.7. The third-order valence-electron chi connectivity index (χ3n) is 5.06. The first kappa shape index (κ1) is 22.9. The summed E-state index contributed by atoms with van der Waals surface area (Å²) in [5, 5.41) is 11.6. The number of para-hydroxylation sites is 2. The van der Waals surface area contributed by atoms with E-state index in [0.29, 0.717) is 23.4 Å². The summed E-state index contributed by atoms with van der Waals surface area (Å²) < 4.78 is 0. The lowest BCUT2D eigenvalue weighted by Gasteiger charge is -2.11. The van der Waals surface area contributed by atoms with Crippen LogP contribution in [0.5, 0.6) is 0 Å². The number of nitrogens with zero attached hydrogens (tertiary/aromatic N) is 3. The molecular weight excluding hydrogens is 468 g/mol. The van der Waals surface area contributed by atoms with Crippen molar-refractivity contribution < 1.29 is 4.79 Å². The van der Waals surface area contributed by atoms with Crippen molar-refractivity contribution in [3.63, 3.8) is 0 Å². The maximum Gasteiger partial charge on any atom is 0.233 e. The Morgan fingerprint density at radius 1 is 0.611 bits per heavy atom. The number of rotatable bonds is 9. The summed E-state index contributed by atoms with van der Waals surface area (Å²) in [5.74, 6) is 1.09. The number of ketones is 1. The molecular formula is C28H22N6OS. The highest BCUT2D eigenvalue weighted by Gasteiger charge is 2.09. The van der Waals surface area contributed by atoms with E-state index in [1.165, 1.54) is 0 Å². The van der Waals surface area contributed by atoms with Gasteiger partial charge in [-0.2, -0.15) is 15.0 Å². The van der Waals surface area contributed by atoms with Gasteiger partial charge in [-0.05, 0) is 72.1 Å². The van der Waals surface area contributed by atoms with E-state index in [4.69, 9.17) is 0 Å². The Morgan fingerprint density at radius 2 is 1.11 bits per heavy atom. The number of nitrogens with one attached hydrogen (secondary N) is 3. The van der Waals surface area contributed by atoms with Gasteiger partial charge in [0.1, 0.15) is 0 Å². The number of allylic oxidation sites excluding steroid dienone is 1. The smallest absolute Gasteiger partial charge is 0.233 e. The molecule has 0 spiro atoms. The Labute approximate surface area is 212 Å². The molecule has 8 heteroatoms. The lowest BCUT2D eigenvalue weighted by Crippen LogP contribution is -2.07. The Bertz CT molecular complexity index is 1390. The van der Waals surface area contributed by atoms with Gasteiger partial charge in [-0.25, -0.2) is 0 Å². The van der Waals surface area contributed by atoms with Crippen LogP contribution in [0.25, 0.3) is 6.08 Å². The number of hydrogen-bond donors (Lipinski definition) is 3. The molecule has 0 fully saturated rings. The van der Waals surface area contributed by atoms with Gasteiger partial charge >= 0.3 is 0 Å². The van der Waals surface area contributed by atoms with Gasteiger partial charge in [-0.1, -0.05) is 42.5 Å². The Kier molecular flexibility index (Phi) is 7.06. The molecule has 0 aliphatic rings. The minimum atomic E-state index is -0.0567.